The molecule has 2 aromatic carbocycles. The fourth-order valence-corrected chi connectivity index (χ4v) is 3.78. The summed E-state index contributed by atoms with van der Waals surface area (Å²) in [5.74, 6) is -0.162. The van der Waals surface area contributed by atoms with Gasteiger partial charge in [-0.2, -0.15) is 0 Å². The van der Waals surface area contributed by atoms with E-state index in [2.05, 4.69) is 10.4 Å². The number of aromatic amines is 1. The molecule has 4 rings (SSSR count). The highest BCUT2D eigenvalue weighted by molar-refractivity contribution is 5.97. The third-order valence-electron chi connectivity index (χ3n) is 5.29. The monoisotopic (exact) mass is 406 g/mol. The first kappa shape index (κ1) is 19.6. The molecule has 0 saturated carbocycles. The van der Waals surface area contributed by atoms with E-state index < -0.39 is 0 Å². The summed E-state index contributed by atoms with van der Waals surface area (Å²) < 4.78 is 1.16. The lowest BCUT2D eigenvalue weighted by molar-refractivity contribution is -0.117. The number of fused-ring (bicyclic) bond motifs is 1. The van der Waals surface area contributed by atoms with Crippen LogP contribution in [0.2, 0.25) is 0 Å². The minimum Gasteiger partial charge on any atom is -0.326 e. The number of rotatable bonds is 5. The molecule has 2 amide bonds. The molecule has 30 heavy (non-hydrogen) atoms. The second-order valence-electron chi connectivity index (χ2n) is 7.39. The fourth-order valence-electron chi connectivity index (χ4n) is 3.78. The number of carbonyl (C=O) groups excluding carboxylic acids is 2. The van der Waals surface area contributed by atoms with Gasteiger partial charge in [-0.3, -0.25) is 24.3 Å². The van der Waals surface area contributed by atoms with Gasteiger partial charge in [-0.05, 0) is 49.2 Å². The number of H-pyrrole nitrogens is 1. The lowest BCUT2D eigenvalue weighted by atomic mass is 10.1. The van der Waals surface area contributed by atoms with Gasteiger partial charge in [0.2, 0.25) is 11.8 Å². The van der Waals surface area contributed by atoms with Crippen LogP contribution in [0.1, 0.15) is 24.8 Å². The van der Waals surface area contributed by atoms with Gasteiger partial charge in [0, 0.05) is 30.8 Å². The van der Waals surface area contributed by atoms with Crippen LogP contribution in [0.25, 0.3) is 10.8 Å². The molecule has 154 valence electrons. The summed E-state index contributed by atoms with van der Waals surface area (Å²) in [5.41, 5.74) is 1.67. The molecule has 1 aromatic heterocycles. The number of hydrogen-bond donors (Lipinski definition) is 2. The Kier molecular flexibility index (Phi) is 5.22. The van der Waals surface area contributed by atoms with Crippen molar-refractivity contribution in [2.75, 3.05) is 16.8 Å². The Morgan fingerprint density at radius 2 is 1.87 bits per heavy atom. The first-order chi connectivity index (χ1) is 14.4. The average Bonchev–Trinajstić information content (AvgIpc) is 3.15. The maximum Gasteiger partial charge on any atom is 0.273 e. The summed E-state index contributed by atoms with van der Waals surface area (Å²) in [4.78, 5) is 50.7. The Bertz CT molecular complexity index is 1260. The lowest BCUT2D eigenvalue weighted by Gasteiger charge is -2.19. The fraction of sp³-hybridized carbons (Fsp3) is 0.273. The number of amides is 2. The van der Waals surface area contributed by atoms with Gasteiger partial charge in [-0.1, -0.05) is 12.1 Å². The number of nitrogens with zero attached hydrogens (tertiary/aromatic N) is 2. The maximum absolute atomic E-state index is 12.5. The van der Waals surface area contributed by atoms with Crippen molar-refractivity contribution in [3.05, 3.63) is 68.7 Å². The Morgan fingerprint density at radius 1 is 1.10 bits per heavy atom. The van der Waals surface area contributed by atoms with E-state index in [9.17, 15) is 19.2 Å². The molecule has 2 heterocycles. The van der Waals surface area contributed by atoms with Crippen LogP contribution in [-0.2, 0) is 16.1 Å². The van der Waals surface area contributed by atoms with E-state index in [1.54, 1.807) is 35.2 Å². The zero-order chi connectivity index (χ0) is 21.3. The third kappa shape index (κ3) is 3.76. The van der Waals surface area contributed by atoms with Gasteiger partial charge < -0.3 is 10.2 Å². The SMILES string of the molecule is Cc1cc(NC(=O)CCn2[nH]c(=O)c3ccccc3c2=O)ccc1N1CCCC1=O. The Hall–Kier alpha value is -3.68. The zero-order valence-electron chi connectivity index (χ0n) is 16.6. The standard InChI is InChI=1S/C22H22N4O4/c1-14-13-15(8-9-18(14)25-11-4-7-20(25)28)23-19(27)10-12-26-22(30)17-6-3-2-5-16(17)21(29)24-26/h2-3,5-6,8-9,13H,4,7,10-12H2,1H3,(H,23,27)(H,24,29). The molecule has 3 aromatic rings. The number of carbonyl (C=O) groups is 2. The second-order valence-corrected chi connectivity index (χ2v) is 7.39. The number of hydrogen-bond acceptors (Lipinski definition) is 4. The molecule has 0 bridgehead atoms. The molecular weight excluding hydrogens is 384 g/mol. The smallest absolute Gasteiger partial charge is 0.273 e. The highest BCUT2D eigenvalue weighted by Gasteiger charge is 2.23. The Labute approximate surface area is 172 Å². The van der Waals surface area contributed by atoms with Crippen LogP contribution in [-0.4, -0.2) is 28.1 Å². The van der Waals surface area contributed by atoms with Crippen molar-refractivity contribution in [2.45, 2.75) is 32.7 Å². The highest BCUT2D eigenvalue weighted by Crippen LogP contribution is 2.27. The molecule has 0 aliphatic carbocycles. The minimum atomic E-state index is -0.367. The average molecular weight is 406 g/mol. The van der Waals surface area contributed by atoms with Crippen molar-refractivity contribution >= 4 is 34.0 Å². The minimum absolute atomic E-state index is 0.0274. The van der Waals surface area contributed by atoms with Crippen molar-refractivity contribution in [3.63, 3.8) is 0 Å². The van der Waals surface area contributed by atoms with Gasteiger partial charge in [0.1, 0.15) is 0 Å². The van der Waals surface area contributed by atoms with Crippen molar-refractivity contribution in [3.8, 4) is 0 Å². The summed E-state index contributed by atoms with van der Waals surface area (Å²) >= 11 is 0. The van der Waals surface area contributed by atoms with Crippen LogP contribution in [0, 0.1) is 6.92 Å². The van der Waals surface area contributed by atoms with Crippen LogP contribution in [0.5, 0.6) is 0 Å². The Morgan fingerprint density at radius 3 is 2.57 bits per heavy atom. The topological polar surface area (TPSA) is 104 Å². The molecule has 1 fully saturated rings. The molecule has 2 N–H and O–H groups in total. The van der Waals surface area contributed by atoms with Gasteiger partial charge in [0.05, 0.1) is 17.3 Å². The van der Waals surface area contributed by atoms with Crippen LogP contribution in [0.15, 0.2) is 52.1 Å². The number of benzene rings is 2. The molecule has 0 radical (unpaired) electrons. The summed E-state index contributed by atoms with van der Waals surface area (Å²) in [6.07, 6.45) is 1.45. The van der Waals surface area contributed by atoms with Gasteiger partial charge in [0.15, 0.2) is 0 Å². The first-order valence-electron chi connectivity index (χ1n) is 9.87. The van der Waals surface area contributed by atoms with E-state index >= 15 is 0 Å². The maximum atomic E-state index is 12.5. The molecule has 1 aliphatic rings. The van der Waals surface area contributed by atoms with E-state index in [0.717, 1.165) is 22.4 Å². The molecule has 0 spiro atoms. The predicted octanol–water partition coefficient (Wildman–Crippen LogP) is 2.15. The van der Waals surface area contributed by atoms with E-state index in [1.807, 2.05) is 19.1 Å². The van der Waals surface area contributed by atoms with Gasteiger partial charge in [-0.25, -0.2) is 4.68 Å². The number of aromatic nitrogens is 2. The van der Waals surface area contributed by atoms with Crippen molar-refractivity contribution in [2.24, 2.45) is 0 Å². The third-order valence-corrected chi connectivity index (χ3v) is 5.29. The molecule has 0 atom stereocenters. The van der Waals surface area contributed by atoms with Gasteiger partial charge >= 0.3 is 0 Å². The quantitative estimate of drug-likeness (QED) is 0.677. The number of aryl methyl sites for hydroxylation is 2. The van der Waals surface area contributed by atoms with E-state index in [0.29, 0.717) is 29.4 Å². The van der Waals surface area contributed by atoms with Gasteiger partial charge in [-0.15, -0.1) is 0 Å². The van der Waals surface area contributed by atoms with Crippen LogP contribution >= 0.6 is 0 Å². The first-order valence-corrected chi connectivity index (χ1v) is 9.87. The molecule has 8 nitrogen and oxygen atoms in total. The summed E-state index contributed by atoms with van der Waals surface area (Å²) in [6, 6.07) is 12.0. The van der Waals surface area contributed by atoms with Crippen molar-refractivity contribution in [1.29, 1.82) is 0 Å². The second kappa shape index (κ2) is 7.98. The highest BCUT2D eigenvalue weighted by atomic mass is 16.2. The molecule has 0 unspecified atom stereocenters. The van der Waals surface area contributed by atoms with Crippen LogP contribution in [0.3, 0.4) is 0 Å². The Balaban J connectivity index is 1.44. The van der Waals surface area contributed by atoms with Crippen LogP contribution < -0.4 is 21.3 Å². The zero-order valence-corrected chi connectivity index (χ0v) is 16.6. The van der Waals surface area contributed by atoms with E-state index in [-0.39, 0.29) is 35.9 Å². The summed E-state index contributed by atoms with van der Waals surface area (Å²) in [5, 5.41) is 5.98. The predicted molar refractivity (Wildman–Crippen MR) is 115 cm³/mol. The van der Waals surface area contributed by atoms with E-state index in [4.69, 9.17) is 0 Å². The summed E-state index contributed by atoms with van der Waals surface area (Å²) in [6.45, 7) is 2.67. The number of nitrogens with one attached hydrogen (secondary N) is 2. The molecule has 1 aliphatic heterocycles. The normalized spacial score (nSPS) is 13.8. The lowest BCUT2D eigenvalue weighted by Crippen LogP contribution is -2.31. The molecule has 8 heteroatoms. The van der Waals surface area contributed by atoms with Crippen molar-refractivity contribution in [1.82, 2.24) is 9.78 Å². The van der Waals surface area contributed by atoms with Crippen molar-refractivity contribution < 1.29 is 9.59 Å². The summed E-state index contributed by atoms with van der Waals surface area (Å²) in [7, 11) is 0. The largest absolute Gasteiger partial charge is 0.326 e. The van der Waals surface area contributed by atoms with Crippen LogP contribution in [0.4, 0.5) is 11.4 Å². The molecular formula is C22H22N4O4. The van der Waals surface area contributed by atoms with E-state index in [1.165, 1.54) is 0 Å². The number of anilines is 2. The van der Waals surface area contributed by atoms with Gasteiger partial charge in [0.25, 0.3) is 11.1 Å². The molecule has 1 saturated heterocycles.